The van der Waals surface area contributed by atoms with Crippen molar-refractivity contribution < 1.29 is 9.26 Å². The lowest BCUT2D eigenvalue weighted by Crippen LogP contribution is -2.05. The molecule has 1 aliphatic rings. The van der Waals surface area contributed by atoms with Gasteiger partial charge in [0.15, 0.2) is 12.4 Å². The Hall–Kier alpha value is -1.98. The van der Waals surface area contributed by atoms with Gasteiger partial charge in [0.25, 0.3) is 0 Å². The van der Waals surface area contributed by atoms with Crippen LogP contribution in [-0.2, 0) is 6.61 Å². The molecular formula is C13H16N4O2. The SMILES string of the molecule is c1ncc(OCc2noc(C3CCCCC3)n2)cn1. The number of hydrogen-bond donors (Lipinski definition) is 0. The molecule has 19 heavy (non-hydrogen) atoms. The van der Waals surface area contributed by atoms with Gasteiger partial charge >= 0.3 is 0 Å². The summed E-state index contributed by atoms with van der Waals surface area (Å²) in [4.78, 5) is 12.2. The van der Waals surface area contributed by atoms with Crippen LogP contribution < -0.4 is 4.74 Å². The van der Waals surface area contributed by atoms with Gasteiger partial charge in [0.1, 0.15) is 6.33 Å². The topological polar surface area (TPSA) is 73.9 Å². The van der Waals surface area contributed by atoms with Crippen molar-refractivity contribution in [2.45, 2.75) is 44.6 Å². The molecule has 3 rings (SSSR count). The predicted octanol–water partition coefficient (Wildman–Crippen LogP) is 2.49. The average Bonchev–Trinajstić information content (AvgIpc) is 2.96. The molecule has 1 aliphatic carbocycles. The minimum absolute atomic E-state index is 0.281. The first-order valence-corrected chi connectivity index (χ1v) is 6.62. The van der Waals surface area contributed by atoms with E-state index >= 15 is 0 Å². The van der Waals surface area contributed by atoms with E-state index in [0.29, 0.717) is 17.5 Å². The minimum Gasteiger partial charge on any atom is -0.482 e. The summed E-state index contributed by atoms with van der Waals surface area (Å²) in [5.74, 6) is 2.36. The molecule has 6 heteroatoms. The molecule has 1 saturated carbocycles. The molecule has 0 spiro atoms. The van der Waals surface area contributed by atoms with Crippen molar-refractivity contribution in [2.75, 3.05) is 0 Å². The molecule has 0 amide bonds. The number of aromatic nitrogens is 4. The van der Waals surface area contributed by atoms with Crippen molar-refractivity contribution in [1.82, 2.24) is 20.1 Å². The normalized spacial score (nSPS) is 16.4. The fourth-order valence-electron chi connectivity index (χ4n) is 2.35. The summed E-state index contributed by atoms with van der Waals surface area (Å²) in [6.45, 7) is 0.281. The summed E-state index contributed by atoms with van der Waals surface area (Å²) >= 11 is 0. The largest absolute Gasteiger partial charge is 0.482 e. The third kappa shape index (κ3) is 3.07. The van der Waals surface area contributed by atoms with Gasteiger partial charge in [0.2, 0.25) is 11.7 Å². The fourth-order valence-corrected chi connectivity index (χ4v) is 2.35. The van der Waals surface area contributed by atoms with E-state index in [0.717, 1.165) is 18.7 Å². The molecule has 2 aromatic heterocycles. The Morgan fingerprint density at radius 2 is 1.95 bits per heavy atom. The van der Waals surface area contributed by atoms with E-state index in [9.17, 15) is 0 Å². The number of nitrogens with zero attached hydrogens (tertiary/aromatic N) is 4. The number of hydrogen-bond acceptors (Lipinski definition) is 6. The maximum absolute atomic E-state index is 5.48. The fraction of sp³-hybridized carbons (Fsp3) is 0.538. The van der Waals surface area contributed by atoms with Crippen molar-refractivity contribution in [3.05, 3.63) is 30.4 Å². The molecule has 0 bridgehead atoms. The molecule has 6 nitrogen and oxygen atoms in total. The van der Waals surface area contributed by atoms with Gasteiger partial charge in [0, 0.05) is 5.92 Å². The van der Waals surface area contributed by atoms with Crippen molar-refractivity contribution in [3.63, 3.8) is 0 Å². The van der Waals surface area contributed by atoms with E-state index in [2.05, 4.69) is 20.1 Å². The predicted molar refractivity (Wildman–Crippen MR) is 66.5 cm³/mol. The van der Waals surface area contributed by atoms with Gasteiger partial charge in [-0.25, -0.2) is 9.97 Å². The van der Waals surface area contributed by atoms with Crippen LogP contribution >= 0.6 is 0 Å². The molecule has 0 saturated heterocycles. The molecule has 2 aromatic rings. The zero-order chi connectivity index (χ0) is 12.9. The van der Waals surface area contributed by atoms with Gasteiger partial charge in [-0.2, -0.15) is 4.98 Å². The lowest BCUT2D eigenvalue weighted by Gasteiger charge is -2.17. The van der Waals surface area contributed by atoms with Crippen molar-refractivity contribution >= 4 is 0 Å². The molecule has 0 radical (unpaired) electrons. The molecule has 100 valence electrons. The van der Waals surface area contributed by atoms with E-state index in [4.69, 9.17) is 9.26 Å². The molecular weight excluding hydrogens is 244 g/mol. The van der Waals surface area contributed by atoms with Crippen LogP contribution in [0, 0.1) is 0 Å². The van der Waals surface area contributed by atoms with Crippen molar-refractivity contribution in [1.29, 1.82) is 0 Å². The van der Waals surface area contributed by atoms with Gasteiger partial charge in [-0.05, 0) is 12.8 Å². The zero-order valence-electron chi connectivity index (χ0n) is 10.7. The molecule has 2 heterocycles. The van der Waals surface area contributed by atoms with Crippen molar-refractivity contribution in [2.24, 2.45) is 0 Å². The van der Waals surface area contributed by atoms with Gasteiger partial charge in [-0.3, -0.25) is 0 Å². The second kappa shape index (κ2) is 5.77. The summed E-state index contributed by atoms with van der Waals surface area (Å²) < 4.78 is 10.8. The monoisotopic (exact) mass is 260 g/mol. The number of rotatable bonds is 4. The highest BCUT2D eigenvalue weighted by Crippen LogP contribution is 2.31. The summed E-state index contributed by atoms with van der Waals surface area (Å²) in [5.41, 5.74) is 0. The zero-order valence-corrected chi connectivity index (χ0v) is 10.7. The van der Waals surface area contributed by atoms with Crippen LogP contribution in [0.15, 0.2) is 23.2 Å². The first-order valence-electron chi connectivity index (χ1n) is 6.62. The standard InChI is InChI=1S/C13H16N4O2/c1-2-4-10(5-3-1)13-16-12(17-19-13)8-18-11-6-14-9-15-7-11/h6-7,9-10H,1-5,8H2. The summed E-state index contributed by atoms with van der Waals surface area (Å²) in [7, 11) is 0. The van der Waals surface area contributed by atoms with Crippen LogP contribution in [0.5, 0.6) is 5.75 Å². The Morgan fingerprint density at radius 1 is 1.16 bits per heavy atom. The Kier molecular flexibility index (Phi) is 3.67. The van der Waals surface area contributed by atoms with E-state index < -0.39 is 0 Å². The third-order valence-corrected chi connectivity index (χ3v) is 3.34. The van der Waals surface area contributed by atoms with E-state index in [1.54, 1.807) is 12.4 Å². The minimum atomic E-state index is 0.281. The highest BCUT2D eigenvalue weighted by atomic mass is 16.5. The summed E-state index contributed by atoms with van der Waals surface area (Å²) in [6.07, 6.45) is 10.8. The van der Waals surface area contributed by atoms with Crippen LogP contribution in [0.2, 0.25) is 0 Å². The maximum atomic E-state index is 5.48. The third-order valence-electron chi connectivity index (χ3n) is 3.34. The van der Waals surface area contributed by atoms with Gasteiger partial charge in [-0.15, -0.1) is 0 Å². The van der Waals surface area contributed by atoms with Gasteiger partial charge in [0.05, 0.1) is 12.4 Å². The molecule has 0 aromatic carbocycles. The first kappa shape index (κ1) is 12.1. The van der Waals surface area contributed by atoms with Gasteiger partial charge < -0.3 is 9.26 Å². The highest BCUT2D eigenvalue weighted by Gasteiger charge is 2.21. The quantitative estimate of drug-likeness (QED) is 0.840. The molecule has 1 fully saturated rings. The second-order valence-corrected chi connectivity index (χ2v) is 4.75. The molecule has 0 atom stereocenters. The Morgan fingerprint density at radius 3 is 2.74 bits per heavy atom. The van der Waals surface area contributed by atoms with Crippen LogP contribution in [0.3, 0.4) is 0 Å². The van der Waals surface area contributed by atoms with Gasteiger partial charge in [-0.1, -0.05) is 24.4 Å². The summed E-state index contributed by atoms with van der Waals surface area (Å²) in [6, 6.07) is 0. The molecule has 0 N–H and O–H groups in total. The highest BCUT2D eigenvalue weighted by molar-refractivity contribution is 5.10. The van der Waals surface area contributed by atoms with Crippen LogP contribution in [0.25, 0.3) is 0 Å². The van der Waals surface area contributed by atoms with E-state index in [-0.39, 0.29) is 6.61 Å². The first-order chi connectivity index (χ1) is 9.42. The Bertz CT molecular complexity index is 508. The van der Waals surface area contributed by atoms with Crippen LogP contribution in [-0.4, -0.2) is 20.1 Å². The second-order valence-electron chi connectivity index (χ2n) is 4.75. The van der Waals surface area contributed by atoms with Crippen molar-refractivity contribution in [3.8, 4) is 5.75 Å². The van der Waals surface area contributed by atoms with E-state index in [1.807, 2.05) is 0 Å². The smallest absolute Gasteiger partial charge is 0.229 e. The molecule has 0 aliphatic heterocycles. The lowest BCUT2D eigenvalue weighted by molar-refractivity contribution is 0.278. The average molecular weight is 260 g/mol. The van der Waals surface area contributed by atoms with E-state index in [1.165, 1.54) is 25.6 Å². The molecule has 0 unspecified atom stereocenters. The maximum Gasteiger partial charge on any atom is 0.229 e. The summed E-state index contributed by atoms with van der Waals surface area (Å²) in [5, 5.41) is 3.95. The van der Waals surface area contributed by atoms with Crippen LogP contribution in [0.4, 0.5) is 0 Å². The Labute approximate surface area is 111 Å². The Balaban J connectivity index is 1.58. The number of ether oxygens (including phenoxy) is 1. The lowest BCUT2D eigenvalue weighted by atomic mass is 9.89. The van der Waals surface area contributed by atoms with Crippen LogP contribution in [0.1, 0.15) is 49.7 Å².